The Morgan fingerprint density at radius 3 is 2.51 bits per heavy atom. The van der Waals surface area contributed by atoms with Gasteiger partial charge in [0.1, 0.15) is 11.4 Å². The molecule has 4 fully saturated rings. The van der Waals surface area contributed by atoms with Crippen molar-refractivity contribution in [2.45, 2.75) is 94.8 Å². The van der Waals surface area contributed by atoms with E-state index < -0.39 is 0 Å². The molecule has 1 aromatic heterocycles. The molecule has 0 radical (unpaired) electrons. The molecular formula is C31H41N7O3. The van der Waals surface area contributed by atoms with Crippen molar-refractivity contribution in [3.8, 4) is 5.75 Å². The summed E-state index contributed by atoms with van der Waals surface area (Å²) in [6, 6.07) is 7.15. The summed E-state index contributed by atoms with van der Waals surface area (Å²) in [6.07, 6.45) is 13.9. The molecule has 1 aromatic carbocycles. The molecule has 7 rings (SSSR count). The lowest BCUT2D eigenvalue weighted by molar-refractivity contribution is -0.120. The van der Waals surface area contributed by atoms with E-state index >= 15 is 0 Å². The van der Waals surface area contributed by atoms with Crippen LogP contribution in [0.5, 0.6) is 5.75 Å². The number of rotatable bonds is 6. The van der Waals surface area contributed by atoms with E-state index in [1.54, 1.807) is 19.4 Å². The number of hydrogen-bond acceptors (Lipinski definition) is 8. The van der Waals surface area contributed by atoms with Gasteiger partial charge in [-0.15, -0.1) is 0 Å². The minimum Gasteiger partial charge on any atom is -0.495 e. The third-order valence-electron chi connectivity index (χ3n) is 10.2. The molecule has 2 aliphatic carbocycles. The molecule has 218 valence electrons. The molecule has 2 aromatic rings. The Balaban J connectivity index is 1.09. The molecule has 3 aliphatic heterocycles. The van der Waals surface area contributed by atoms with Crippen LogP contribution >= 0.6 is 0 Å². The molecule has 10 heteroatoms. The number of piperidine rings is 2. The topological polar surface area (TPSA) is 112 Å². The standard InChI is InChI=1S/C31H41N7O3/c1-37-22-8-5-9-23(37)16-20(15-22)33-28(39)19-10-11-24(26(14-19)41-2)35-30-32-17-25-27(36-30)38(21-6-3-4-7-21)18-31(12-13-31)29(40)34-25/h10-11,14,17,20-23H,3-9,12-13,15-16,18H2,1-2H3,(H,33,39)(H,34,40)(H,32,35,36)/t20?,22-,23+. The average molecular weight is 560 g/mol. The Hall–Kier alpha value is -3.40. The van der Waals surface area contributed by atoms with Crippen molar-refractivity contribution in [1.82, 2.24) is 20.2 Å². The highest BCUT2D eigenvalue weighted by atomic mass is 16.5. The van der Waals surface area contributed by atoms with Crippen LogP contribution < -0.4 is 25.6 Å². The Morgan fingerprint density at radius 2 is 1.80 bits per heavy atom. The maximum absolute atomic E-state index is 13.2. The van der Waals surface area contributed by atoms with Gasteiger partial charge in [0.25, 0.3) is 5.91 Å². The monoisotopic (exact) mass is 559 g/mol. The molecular weight excluding hydrogens is 518 g/mol. The van der Waals surface area contributed by atoms with Crippen LogP contribution in [-0.2, 0) is 4.79 Å². The van der Waals surface area contributed by atoms with Gasteiger partial charge in [-0.05, 0) is 76.6 Å². The van der Waals surface area contributed by atoms with Crippen molar-refractivity contribution >= 4 is 35.0 Å². The molecule has 2 bridgehead atoms. The number of anilines is 4. The van der Waals surface area contributed by atoms with Gasteiger partial charge in [-0.3, -0.25) is 9.59 Å². The van der Waals surface area contributed by atoms with E-state index in [1.807, 2.05) is 12.1 Å². The lowest BCUT2D eigenvalue weighted by atomic mass is 9.82. The Labute approximate surface area is 241 Å². The fourth-order valence-corrected chi connectivity index (χ4v) is 7.58. The molecule has 1 spiro atoms. The first kappa shape index (κ1) is 26.5. The molecule has 2 saturated carbocycles. The van der Waals surface area contributed by atoms with Crippen LogP contribution in [0.4, 0.5) is 23.1 Å². The predicted octanol–water partition coefficient (Wildman–Crippen LogP) is 4.46. The smallest absolute Gasteiger partial charge is 0.251 e. The molecule has 41 heavy (non-hydrogen) atoms. The summed E-state index contributed by atoms with van der Waals surface area (Å²) < 4.78 is 5.69. The summed E-state index contributed by atoms with van der Waals surface area (Å²) in [5.74, 6) is 1.78. The van der Waals surface area contributed by atoms with Crippen LogP contribution in [0, 0.1) is 5.41 Å². The predicted molar refractivity (Wildman–Crippen MR) is 158 cm³/mol. The summed E-state index contributed by atoms with van der Waals surface area (Å²) in [5, 5.41) is 9.70. The fraction of sp³-hybridized carbons (Fsp3) is 0.613. The Bertz CT molecular complexity index is 1320. The van der Waals surface area contributed by atoms with Crippen molar-refractivity contribution in [3.05, 3.63) is 30.0 Å². The number of carbonyl (C=O) groups is 2. The van der Waals surface area contributed by atoms with Crippen molar-refractivity contribution < 1.29 is 14.3 Å². The molecule has 5 aliphatic rings. The van der Waals surface area contributed by atoms with Gasteiger partial charge in [-0.25, -0.2) is 4.98 Å². The number of ether oxygens (including phenoxy) is 1. The van der Waals surface area contributed by atoms with Crippen molar-refractivity contribution in [2.24, 2.45) is 5.41 Å². The maximum atomic E-state index is 13.2. The first-order valence-electron chi connectivity index (χ1n) is 15.4. The van der Waals surface area contributed by atoms with Crippen LogP contribution in [0.1, 0.15) is 81.0 Å². The van der Waals surface area contributed by atoms with Crippen LogP contribution in [0.15, 0.2) is 24.4 Å². The molecule has 4 heterocycles. The fourth-order valence-electron chi connectivity index (χ4n) is 7.58. The van der Waals surface area contributed by atoms with Gasteiger partial charge in [-0.1, -0.05) is 19.3 Å². The van der Waals surface area contributed by atoms with E-state index in [9.17, 15) is 9.59 Å². The van der Waals surface area contributed by atoms with Crippen LogP contribution in [0.2, 0.25) is 0 Å². The number of hydrogen-bond donors (Lipinski definition) is 3. The highest BCUT2D eigenvalue weighted by Crippen LogP contribution is 2.51. The summed E-state index contributed by atoms with van der Waals surface area (Å²) >= 11 is 0. The van der Waals surface area contributed by atoms with Crippen molar-refractivity contribution in [3.63, 3.8) is 0 Å². The Morgan fingerprint density at radius 1 is 1.07 bits per heavy atom. The summed E-state index contributed by atoms with van der Waals surface area (Å²) in [5.41, 5.74) is 1.63. The number of nitrogens with zero attached hydrogens (tertiary/aromatic N) is 4. The van der Waals surface area contributed by atoms with Gasteiger partial charge >= 0.3 is 0 Å². The largest absolute Gasteiger partial charge is 0.495 e. The first-order chi connectivity index (χ1) is 19.9. The normalized spacial score (nSPS) is 27.1. The number of methoxy groups -OCH3 is 1. The summed E-state index contributed by atoms with van der Waals surface area (Å²) in [6.45, 7) is 0.707. The van der Waals surface area contributed by atoms with Gasteiger partial charge in [-0.2, -0.15) is 4.98 Å². The highest BCUT2D eigenvalue weighted by Gasteiger charge is 2.53. The molecule has 10 nitrogen and oxygen atoms in total. The number of nitrogens with one attached hydrogen (secondary N) is 3. The SMILES string of the molecule is COc1cc(C(=O)NC2C[C@H]3CCC[C@@H](C2)N3C)ccc1Nc1ncc2c(n1)N(C1CCCC1)CC1(CC1)C(=O)N2. The minimum atomic E-state index is -0.303. The van der Waals surface area contributed by atoms with Crippen LogP contribution in [0.25, 0.3) is 0 Å². The number of aromatic nitrogens is 2. The lowest BCUT2D eigenvalue weighted by Crippen LogP contribution is -2.55. The summed E-state index contributed by atoms with van der Waals surface area (Å²) in [7, 11) is 3.83. The maximum Gasteiger partial charge on any atom is 0.251 e. The second-order valence-corrected chi connectivity index (χ2v) is 12.8. The van der Waals surface area contributed by atoms with Crippen LogP contribution in [0.3, 0.4) is 0 Å². The third-order valence-corrected chi connectivity index (χ3v) is 10.2. The van der Waals surface area contributed by atoms with Gasteiger partial charge in [0, 0.05) is 36.3 Å². The van der Waals surface area contributed by atoms with Crippen molar-refractivity contribution in [1.29, 1.82) is 0 Å². The molecule has 2 amide bonds. The van der Waals surface area contributed by atoms with Crippen molar-refractivity contribution in [2.75, 3.05) is 36.2 Å². The van der Waals surface area contributed by atoms with E-state index in [-0.39, 0.29) is 23.3 Å². The molecule has 2 saturated heterocycles. The van der Waals surface area contributed by atoms with Crippen LogP contribution in [-0.4, -0.2) is 71.6 Å². The number of fused-ring (bicyclic) bond motifs is 3. The first-order valence-corrected chi connectivity index (χ1v) is 15.4. The minimum absolute atomic E-state index is 0.0688. The number of amides is 2. The Kier molecular flexibility index (Phi) is 6.76. The zero-order valence-electron chi connectivity index (χ0n) is 24.1. The van der Waals surface area contributed by atoms with Gasteiger partial charge in [0.05, 0.1) is 24.4 Å². The number of carbonyl (C=O) groups excluding carboxylic acids is 2. The van der Waals surface area contributed by atoms with Gasteiger partial charge < -0.3 is 30.5 Å². The van der Waals surface area contributed by atoms with E-state index in [4.69, 9.17) is 9.72 Å². The molecule has 3 atom stereocenters. The van der Waals surface area contributed by atoms with Gasteiger partial charge in [0.2, 0.25) is 11.9 Å². The second kappa shape index (κ2) is 10.5. The highest BCUT2D eigenvalue weighted by molar-refractivity contribution is 6.01. The number of benzene rings is 1. The summed E-state index contributed by atoms with van der Waals surface area (Å²) in [4.78, 5) is 40.5. The zero-order chi connectivity index (χ0) is 28.1. The third kappa shape index (κ3) is 5.00. The zero-order valence-corrected chi connectivity index (χ0v) is 24.1. The molecule has 1 unspecified atom stereocenters. The average Bonchev–Trinajstić information content (AvgIpc) is 3.58. The van der Waals surface area contributed by atoms with E-state index in [2.05, 4.69) is 37.8 Å². The van der Waals surface area contributed by atoms with E-state index in [0.29, 0.717) is 53.3 Å². The molecule has 3 N–H and O–H groups in total. The second-order valence-electron chi connectivity index (χ2n) is 12.8. The van der Waals surface area contributed by atoms with E-state index in [1.165, 1.54) is 32.1 Å². The quantitative estimate of drug-likeness (QED) is 0.476. The van der Waals surface area contributed by atoms with E-state index in [0.717, 1.165) is 44.3 Å². The van der Waals surface area contributed by atoms with Gasteiger partial charge in [0.15, 0.2) is 5.82 Å². The lowest BCUT2D eigenvalue weighted by Gasteiger charge is -2.47.